The zero-order chi connectivity index (χ0) is 23.5. The molecule has 1 aromatic heterocycles. The van der Waals surface area contributed by atoms with E-state index in [-0.39, 0.29) is 45.0 Å². The Balaban J connectivity index is 1.67. The first-order valence-corrected chi connectivity index (χ1v) is 10.8. The van der Waals surface area contributed by atoms with Crippen LogP contribution in [0.5, 0.6) is 5.75 Å². The monoisotopic (exact) mass is 491 g/mol. The maximum atomic E-state index is 14.2. The molecule has 1 atom stereocenters. The molecule has 1 aliphatic rings. The summed E-state index contributed by atoms with van der Waals surface area (Å²) < 4.78 is 19.9. The van der Waals surface area contributed by atoms with E-state index in [0.717, 1.165) is 12.8 Å². The Hall–Kier alpha value is -3.14. The lowest BCUT2D eigenvalue weighted by molar-refractivity contribution is 0.102. The number of nitrogens with zero attached hydrogens (tertiary/aromatic N) is 3. The fourth-order valence-electron chi connectivity index (χ4n) is 3.38. The van der Waals surface area contributed by atoms with E-state index in [1.807, 2.05) is 0 Å². The van der Waals surface area contributed by atoms with Crippen molar-refractivity contribution in [1.82, 2.24) is 9.97 Å². The molecule has 0 aliphatic carbocycles. The molecule has 0 bridgehead atoms. The van der Waals surface area contributed by atoms with Crippen LogP contribution in [0.25, 0.3) is 0 Å². The van der Waals surface area contributed by atoms with Crippen LogP contribution in [0.3, 0.4) is 0 Å². The van der Waals surface area contributed by atoms with Crippen molar-refractivity contribution >= 4 is 52.3 Å². The van der Waals surface area contributed by atoms with Crippen molar-refractivity contribution < 1.29 is 19.0 Å². The fraction of sp³-hybridized carbons (Fsp3) is 0.227. The average molecular weight is 492 g/mol. The van der Waals surface area contributed by atoms with Crippen LogP contribution in [0.1, 0.15) is 23.2 Å². The minimum atomic E-state index is -0.659. The molecule has 11 heteroatoms. The van der Waals surface area contributed by atoms with Crippen LogP contribution in [0.15, 0.2) is 42.6 Å². The van der Waals surface area contributed by atoms with E-state index in [1.54, 1.807) is 18.0 Å². The highest BCUT2D eigenvalue weighted by molar-refractivity contribution is 6.34. The van der Waals surface area contributed by atoms with Crippen molar-refractivity contribution in [3.63, 3.8) is 0 Å². The number of aromatic nitrogens is 2. The topological polar surface area (TPSA) is 99.6 Å². The minimum Gasteiger partial charge on any atom is -0.506 e. The Bertz CT molecular complexity index is 1170. The predicted molar refractivity (Wildman–Crippen MR) is 125 cm³/mol. The summed E-state index contributed by atoms with van der Waals surface area (Å²) in [5.74, 6) is -0.860. The van der Waals surface area contributed by atoms with Crippen LogP contribution in [-0.2, 0) is 4.74 Å². The molecule has 1 amide bonds. The maximum absolute atomic E-state index is 14.2. The summed E-state index contributed by atoms with van der Waals surface area (Å²) in [5, 5.41) is 15.3. The zero-order valence-electron chi connectivity index (χ0n) is 17.5. The van der Waals surface area contributed by atoms with Crippen molar-refractivity contribution in [2.24, 2.45) is 0 Å². The van der Waals surface area contributed by atoms with Gasteiger partial charge in [-0.1, -0.05) is 29.3 Å². The Morgan fingerprint density at radius 1 is 1.27 bits per heavy atom. The highest BCUT2D eigenvalue weighted by Gasteiger charge is 2.27. The Morgan fingerprint density at radius 3 is 2.79 bits per heavy atom. The molecule has 172 valence electrons. The second-order valence-corrected chi connectivity index (χ2v) is 8.17. The van der Waals surface area contributed by atoms with Gasteiger partial charge in [0.2, 0.25) is 5.95 Å². The van der Waals surface area contributed by atoms with Gasteiger partial charge in [0.1, 0.15) is 29.2 Å². The molecule has 0 spiro atoms. The van der Waals surface area contributed by atoms with Gasteiger partial charge in [0, 0.05) is 25.5 Å². The van der Waals surface area contributed by atoms with Gasteiger partial charge in [-0.15, -0.1) is 0 Å². The Kier molecular flexibility index (Phi) is 6.83. The molecule has 3 N–H and O–H groups in total. The number of nitrogens with one attached hydrogen (secondary N) is 2. The minimum absolute atomic E-state index is 0.0548. The van der Waals surface area contributed by atoms with Gasteiger partial charge in [-0.3, -0.25) is 4.79 Å². The molecule has 0 radical (unpaired) electrons. The lowest BCUT2D eigenvalue weighted by Crippen LogP contribution is -2.33. The Morgan fingerprint density at radius 2 is 2.09 bits per heavy atom. The van der Waals surface area contributed by atoms with Crippen molar-refractivity contribution in [3.05, 3.63) is 64.0 Å². The number of phenolic OH excluding ortho intramolecular Hbond substituents is 1. The third-order valence-corrected chi connectivity index (χ3v) is 5.71. The zero-order valence-corrected chi connectivity index (χ0v) is 19.0. The van der Waals surface area contributed by atoms with Gasteiger partial charge in [0.15, 0.2) is 0 Å². The highest BCUT2D eigenvalue weighted by atomic mass is 35.5. The molecule has 1 unspecified atom stereocenters. The number of rotatable bonds is 6. The first-order chi connectivity index (χ1) is 15.8. The molecule has 1 fully saturated rings. The van der Waals surface area contributed by atoms with E-state index in [4.69, 9.17) is 27.9 Å². The molecule has 33 heavy (non-hydrogen) atoms. The van der Waals surface area contributed by atoms with Gasteiger partial charge in [-0.25, -0.2) is 9.37 Å². The number of carbonyl (C=O) groups is 1. The van der Waals surface area contributed by atoms with Gasteiger partial charge in [0.25, 0.3) is 5.91 Å². The lowest BCUT2D eigenvalue weighted by Gasteiger charge is -2.26. The third-order valence-electron chi connectivity index (χ3n) is 5.09. The number of hydrogen-bond donors (Lipinski definition) is 3. The van der Waals surface area contributed by atoms with Crippen LogP contribution in [0, 0.1) is 5.82 Å². The molecule has 3 aromatic rings. The molecule has 0 saturated carbocycles. The molecular weight excluding hydrogens is 472 g/mol. The van der Waals surface area contributed by atoms with Crippen molar-refractivity contribution in [2.45, 2.75) is 19.1 Å². The number of hydrogen-bond acceptors (Lipinski definition) is 7. The van der Waals surface area contributed by atoms with Crippen LogP contribution < -0.4 is 15.5 Å². The van der Waals surface area contributed by atoms with Crippen LogP contribution >= 0.6 is 23.2 Å². The molecule has 1 saturated heterocycles. The molecule has 2 heterocycles. The second kappa shape index (κ2) is 9.78. The van der Waals surface area contributed by atoms with E-state index in [2.05, 4.69) is 20.6 Å². The number of carbonyl (C=O) groups excluding carboxylic acids is 1. The summed E-state index contributed by atoms with van der Waals surface area (Å²) in [6.07, 6.45) is 2.70. The van der Waals surface area contributed by atoms with Gasteiger partial charge >= 0.3 is 0 Å². The first-order valence-electron chi connectivity index (χ1n) is 10.1. The van der Waals surface area contributed by atoms with Gasteiger partial charge in [0.05, 0.1) is 15.7 Å². The van der Waals surface area contributed by atoms with E-state index < -0.39 is 11.7 Å². The molecular formula is C22H20Cl2FN5O3. The summed E-state index contributed by atoms with van der Waals surface area (Å²) in [5.41, 5.74) is 0.524. The molecule has 8 nitrogen and oxygen atoms in total. The lowest BCUT2D eigenvalue weighted by atomic mass is 10.2. The smallest absolute Gasteiger partial charge is 0.261 e. The standard InChI is InChI=1S/C22H20Cl2FN5O3/c1-30(18-6-3-9-33-18)20-13(21(32)28-19-14(23)4-2-5-16(19)25)11-26-22(29-20)27-12-7-8-17(31)15(24)10-12/h2,4-5,7-8,10-11,18,31H,3,6,9H2,1H3,(H,28,32)(H,26,27,29). The Labute approximate surface area is 199 Å². The molecule has 1 aliphatic heterocycles. The van der Waals surface area contributed by atoms with Crippen molar-refractivity contribution in [1.29, 1.82) is 0 Å². The summed E-state index contributed by atoms with van der Waals surface area (Å²) in [4.78, 5) is 23.5. The summed E-state index contributed by atoms with van der Waals surface area (Å²) in [6, 6.07) is 8.69. The van der Waals surface area contributed by atoms with Gasteiger partial charge < -0.3 is 25.4 Å². The first kappa shape index (κ1) is 23.0. The molecule has 2 aromatic carbocycles. The summed E-state index contributed by atoms with van der Waals surface area (Å²) in [6.45, 7) is 0.601. The number of phenols is 1. The second-order valence-electron chi connectivity index (χ2n) is 7.35. The van der Waals surface area contributed by atoms with Crippen LogP contribution in [0.4, 0.5) is 27.5 Å². The van der Waals surface area contributed by atoms with Gasteiger partial charge in [-0.05, 0) is 43.2 Å². The van der Waals surface area contributed by atoms with Crippen molar-refractivity contribution in [2.75, 3.05) is 29.2 Å². The average Bonchev–Trinajstić information content (AvgIpc) is 3.33. The van der Waals surface area contributed by atoms with E-state index in [1.165, 1.54) is 36.5 Å². The normalized spacial score (nSPS) is 15.3. The number of benzene rings is 2. The SMILES string of the molecule is CN(c1nc(Nc2ccc(O)c(Cl)c2)ncc1C(=O)Nc1c(F)cccc1Cl)C1CCCO1. The number of halogens is 3. The summed E-state index contributed by atoms with van der Waals surface area (Å²) in [7, 11) is 1.76. The number of anilines is 4. The van der Waals surface area contributed by atoms with Gasteiger partial charge in [-0.2, -0.15) is 4.98 Å². The number of aromatic hydroxyl groups is 1. The molecule has 4 rings (SSSR count). The largest absolute Gasteiger partial charge is 0.506 e. The maximum Gasteiger partial charge on any atom is 0.261 e. The predicted octanol–water partition coefficient (Wildman–Crippen LogP) is 5.20. The van der Waals surface area contributed by atoms with E-state index in [9.17, 15) is 14.3 Å². The highest BCUT2D eigenvalue weighted by Crippen LogP contribution is 2.30. The van der Waals surface area contributed by atoms with E-state index >= 15 is 0 Å². The fourth-order valence-corrected chi connectivity index (χ4v) is 3.77. The number of ether oxygens (including phenoxy) is 1. The van der Waals surface area contributed by atoms with Crippen LogP contribution in [0.2, 0.25) is 10.0 Å². The number of amides is 1. The number of para-hydroxylation sites is 1. The summed E-state index contributed by atoms with van der Waals surface area (Å²) >= 11 is 12.0. The van der Waals surface area contributed by atoms with Crippen LogP contribution in [-0.4, -0.2) is 40.9 Å². The van der Waals surface area contributed by atoms with Crippen molar-refractivity contribution in [3.8, 4) is 5.75 Å². The quantitative estimate of drug-likeness (QED) is 0.407. The van der Waals surface area contributed by atoms with E-state index in [0.29, 0.717) is 12.3 Å². The third kappa shape index (κ3) is 5.11.